The summed E-state index contributed by atoms with van der Waals surface area (Å²) in [4.78, 5) is 28.2. The molecule has 1 fully saturated rings. The standard InChI is InChI=1S/C25H25N3O3/c26-18-20-23(27-14-6-2-7-15-27)22(21-13-5-8-16-28(21)24(20)29)25(30)31-17-9-12-19-10-3-1-4-11-19/h1,3-5,8,10-11,13,16H,2,6-7,9,12,14-15,17H2. The van der Waals surface area contributed by atoms with Gasteiger partial charge in [-0.05, 0) is 49.8 Å². The monoisotopic (exact) mass is 415 g/mol. The number of nitrogens with zero attached hydrogens (tertiary/aromatic N) is 3. The van der Waals surface area contributed by atoms with E-state index in [0.29, 0.717) is 36.3 Å². The maximum absolute atomic E-state index is 13.2. The third-order valence-electron chi connectivity index (χ3n) is 5.70. The number of rotatable bonds is 6. The molecule has 0 saturated carbocycles. The van der Waals surface area contributed by atoms with Gasteiger partial charge in [0.15, 0.2) is 0 Å². The van der Waals surface area contributed by atoms with Crippen molar-refractivity contribution in [2.45, 2.75) is 32.1 Å². The lowest BCUT2D eigenvalue weighted by atomic mass is 10.0. The minimum absolute atomic E-state index is 0.00170. The summed E-state index contributed by atoms with van der Waals surface area (Å²) in [5, 5.41) is 9.79. The fourth-order valence-electron chi connectivity index (χ4n) is 4.19. The summed E-state index contributed by atoms with van der Waals surface area (Å²) in [7, 11) is 0. The van der Waals surface area contributed by atoms with Crippen LogP contribution in [-0.4, -0.2) is 30.1 Å². The lowest BCUT2D eigenvalue weighted by Gasteiger charge is -2.31. The molecule has 0 unspecified atom stereocenters. The summed E-state index contributed by atoms with van der Waals surface area (Å²) in [6.07, 6.45) is 6.13. The highest BCUT2D eigenvalue weighted by Crippen LogP contribution is 2.30. The number of benzene rings is 1. The Morgan fingerprint density at radius 2 is 1.77 bits per heavy atom. The molecule has 6 nitrogen and oxygen atoms in total. The Bertz CT molecular complexity index is 1170. The molecule has 3 aromatic rings. The van der Waals surface area contributed by atoms with Crippen LogP contribution in [0.5, 0.6) is 0 Å². The van der Waals surface area contributed by atoms with Crippen molar-refractivity contribution in [3.63, 3.8) is 0 Å². The zero-order valence-electron chi connectivity index (χ0n) is 17.4. The number of aromatic nitrogens is 1. The summed E-state index contributed by atoms with van der Waals surface area (Å²) >= 11 is 0. The first-order valence-electron chi connectivity index (χ1n) is 10.7. The number of ether oxygens (including phenoxy) is 1. The highest BCUT2D eigenvalue weighted by Gasteiger charge is 2.28. The van der Waals surface area contributed by atoms with Gasteiger partial charge in [-0.25, -0.2) is 4.79 Å². The van der Waals surface area contributed by atoms with Gasteiger partial charge in [-0.15, -0.1) is 0 Å². The van der Waals surface area contributed by atoms with Gasteiger partial charge in [0.05, 0.1) is 17.8 Å². The van der Waals surface area contributed by atoms with Gasteiger partial charge >= 0.3 is 5.97 Å². The van der Waals surface area contributed by atoms with Gasteiger partial charge in [0.1, 0.15) is 17.2 Å². The third-order valence-corrected chi connectivity index (χ3v) is 5.70. The number of pyridine rings is 2. The number of anilines is 1. The first-order chi connectivity index (χ1) is 15.2. The highest BCUT2D eigenvalue weighted by atomic mass is 16.5. The van der Waals surface area contributed by atoms with E-state index < -0.39 is 11.5 Å². The number of carbonyl (C=O) groups excluding carboxylic acids is 1. The molecule has 0 spiro atoms. The molecule has 1 aliphatic heterocycles. The van der Waals surface area contributed by atoms with Gasteiger partial charge in [0.2, 0.25) is 0 Å². The van der Waals surface area contributed by atoms with Crippen LogP contribution in [0.4, 0.5) is 5.69 Å². The lowest BCUT2D eigenvalue weighted by Crippen LogP contribution is -2.35. The number of aryl methyl sites for hydroxylation is 1. The van der Waals surface area contributed by atoms with E-state index in [1.54, 1.807) is 24.4 Å². The topological polar surface area (TPSA) is 74.8 Å². The predicted octanol–water partition coefficient (Wildman–Crippen LogP) is 3.95. The normalized spacial score (nSPS) is 13.7. The van der Waals surface area contributed by atoms with Gasteiger partial charge in [-0.1, -0.05) is 36.4 Å². The van der Waals surface area contributed by atoms with E-state index in [1.807, 2.05) is 35.2 Å². The zero-order valence-corrected chi connectivity index (χ0v) is 17.4. The molecule has 2 aromatic heterocycles. The smallest absolute Gasteiger partial charge is 0.342 e. The predicted molar refractivity (Wildman–Crippen MR) is 119 cm³/mol. The fraction of sp³-hybridized carbons (Fsp3) is 0.320. The lowest BCUT2D eigenvalue weighted by molar-refractivity contribution is 0.0503. The molecular formula is C25H25N3O3. The molecule has 0 amide bonds. The van der Waals surface area contributed by atoms with Crippen molar-refractivity contribution in [2.24, 2.45) is 0 Å². The van der Waals surface area contributed by atoms with Crippen molar-refractivity contribution < 1.29 is 9.53 Å². The minimum atomic E-state index is -0.492. The number of carbonyl (C=O) groups is 1. The van der Waals surface area contributed by atoms with E-state index in [1.165, 1.54) is 9.96 Å². The number of fused-ring (bicyclic) bond motifs is 1. The highest BCUT2D eigenvalue weighted by molar-refractivity contribution is 6.04. The Morgan fingerprint density at radius 1 is 1.03 bits per heavy atom. The number of hydrogen-bond acceptors (Lipinski definition) is 5. The fourth-order valence-corrected chi connectivity index (χ4v) is 4.19. The van der Waals surface area contributed by atoms with Gasteiger partial charge < -0.3 is 9.64 Å². The largest absolute Gasteiger partial charge is 0.462 e. The van der Waals surface area contributed by atoms with Crippen LogP contribution in [0.1, 0.15) is 47.2 Å². The maximum Gasteiger partial charge on any atom is 0.342 e. The van der Waals surface area contributed by atoms with E-state index in [9.17, 15) is 14.9 Å². The summed E-state index contributed by atoms with van der Waals surface area (Å²) in [6, 6.07) is 17.3. The molecule has 158 valence electrons. The molecule has 31 heavy (non-hydrogen) atoms. The molecule has 1 saturated heterocycles. The molecule has 0 bridgehead atoms. The molecule has 3 heterocycles. The molecular weight excluding hydrogens is 390 g/mol. The van der Waals surface area contributed by atoms with E-state index in [4.69, 9.17) is 4.74 Å². The molecule has 0 N–H and O–H groups in total. The van der Waals surface area contributed by atoms with E-state index in [-0.39, 0.29) is 12.2 Å². The van der Waals surface area contributed by atoms with Crippen molar-refractivity contribution in [3.8, 4) is 6.07 Å². The Balaban J connectivity index is 1.67. The van der Waals surface area contributed by atoms with Crippen LogP contribution in [0.2, 0.25) is 0 Å². The maximum atomic E-state index is 13.2. The minimum Gasteiger partial charge on any atom is -0.462 e. The van der Waals surface area contributed by atoms with Crippen LogP contribution >= 0.6 is 0 Å². The Hall–Kier alpha value is -3.59. The van der Waals surface area contributed by atoms with Crippen molar-refractivity contribution in [3.05, 3.63) is 81.8 Å². The quantitative estimate of drug-likeness (QED) is 0.450. The second-order valence-corrected chi connectivity index (χ2v) is 7.74. The summed E-state index contributed by atoms with van der Waals surface area (Å²) in [6.45, 7) is 1.70. The number of piperidine rings is 1. The molecule has 6 heteroatoms. The van der Waals surface area contributed by atoms with Crippen molar-refractivity contribution in [2.75, 3.05) is 24.6 Å². The molecule has 0 atom stereocenters. The van der Waals surface area contributed by atoms with Gasteiger partial charge in [0, 0.05) is 19.3 Å². The SMILES string of the molecule is N#Cc1c(N2CCCCC2)c(C(=O)OCCCc2ccccc2)c2ccccn2c1=O. The molecule has 1 aliphatic rings. The zero-order chi connectivity index (χ0) is 21.6. The van der Waals surface area contributed by atoms with Gasteiger partial charge in [-0.3, -0.25) is 9.20 Å². The third kappa shape index (κ3) is 4.31. The summed E-state index contributed by atoms with van der Waals surface area (Å²) in [5.74, 6) is -0.492. The van der Waals surface area contributed by atoms with Crippen LogP contribution in [0.3, 0.4) is 0 Å². The molecule has 4 rings (SSSR count). The van der Waals surface area contributed by atoms with Crippen LogP contribution in [0.15, 0.2) is 59.5 Å². The first-order valence-corrected chi connectivity index (χ1v) is 10.7. The second-order valence-electron chi connectivity index (χ2n) is 7.74. The average Bonchev–Trinajstić information content (AvgIpc) is 2.83. The van der Waals surface area contributed by atoms with Crippen LogP contribution in [-0.2, 0) is 11.2 Å². The second kappa shape index (κ2) is 9.48. The Kier molecular flexibility index (Phi) is 6.32. The van der Waals surface area contributed by atoms with Gasteiger partial charge in [0.25, 0.3) is 5.56 Å². The molecule has 0 radical (unpaired) electrons. The number of nitriles is 1. The van der Waals surface area contributed by atoms with Crippen LogP contribution in [0, 0.1) is 11.3 Å². The van der Waals surface area contributed by atoms with Crippen LogP contribution < -0.4 is 10.5 Å². The summed E-state index contributed by atoms with van der Waals surface area (Å²) < 4.78 is 7.01. The molecule has 0 aliphatic carbocycles. The van der Waals surface area contributed by atoms with Crippen molar-refractivity contribution in [1.29, 1.82) is 5.26 Å². The average molecular weight is 415 g/mol. The van der Waals surface area contributed by atoms with Crippen molar-refractivity contribution >= 4 is 17.2 Å². The van der Waals surface area contributed by atoms with E-state index in [2.05, 4.69) is 6.07 Å². The Morgan fingerprint density at radius 3 is 2.52 bits per heavy atom. The number of hydrogen-bond donors (Lipinski definition) is 0. The Labute approximate surface area is 181 Å². The molecule has 1 aromatic carbocycles. The van der Waals surface area contributed by atoms with Crippen molar-refractivity contribution in [1.82, 2.24) is 4.40 Å². The van der Waals surface area contributed by atoms with Crippen LogP contribution in [0.25, 0.3) is 5.52 Å². The summed E-state index contributed by atoms with van der Waals surface area (Å²) in [5.41, 5.74) is 1.99. The van der Waals surface area contributed by atoms with Gasteiger partial charge in [-0.2, -0.15) is 5.26 Å². The first kappa shape index (κ1) is 20.7. The van der Waals surface area contributed by atoms with E-state index >= 15 is 0 Å². The number of esters is 1. The van der Waals surface area contributed by atoms with E-state index in [0.717, 1.165) is 25.7 Å².